The van der Waals surface area contributed by atoms with Crippen molar-refractivity contribution >= 4 is 17.0 Å². The minimum atomic E-state index is -0.201. The molecule has 3 rings (SSSR count). The zero-order valence-electron chi connectivity index (χ0n) is 11.5. The molecule has 1 aromatic heterocycles. The fraction of sp³-hybridized carbons (Fsp3) is 0.400. The number of nitrogens with zero attached hydrogens (tertiary/aromatic N) is 1. The molecule has 1 aromatic carbocycles. The van der Waals surface area contributed by atoms with Gasteiger partial charge in [-0.25, -0.2) is 0 Å². The third kappa shape index (κ3) is 2.58. The van der Waals surface area contributed by atoms with Crippen molar-refractivity contribution in [3.05, 3.63) is 43.9 Å². The van der Waals surface area contributed by atoms with Gasteiger partial charge in [-0.1, -0.05) is 29.0 Å². The highest BCUT2D eigenvalue weighted by atomic mass is 32.1. The number of aromatic amines is 1. The van der Waals surface area contributed by atoms with E-state index in [0.717, 1.165) is 24.4 Å². The van der Waals surface area contributed by atoms with Gasteiger partial charge < -0.3 is 10.0 Å². The number of rotatable bonds is 3. The van der Waals surface area contributed by atoms with Crippen LogP contribution in [0.5, 0.6) is 5.88 Å². The Kier molecular flexibility index (Phi) is 3.53. The highest BCUT2D eigenvalue weighted by molar-refractivity contribution is 7.09. The minimum absolute atomic E-state index is 0.00822. The Morgan fingerprint density at radius 1 is 1.35 bits per heavy atom. The van der Waals surface area contributed by atoms with E-state index in [2.05, 4.69) is 35.0 Å². The monoisotopic (exact) mass is 290 g/mol. The van der Waals surface area contributed by atoms with E-state index in [1.165, 1.54) is 29.7 Å². The van der Waals surface area contributed by atoms with Crippen molar-refractivity contribution in [2.45, 2.75) is 26.2 Å². The summed E-state index contributed by atoms with van der Waals surface area (Å²) in [5, 5.41) is 9.76. The summed E-state index contributed by atoms with van der Waals surface area (Å²) in [7, 11) is 0. The second-order valence-corrected chi connectivity index (χ2v) is 6.36. The Labute approximate surface area is 121 Å². The SMILES string of the molecule is Cc1ccc(N2CCCC2)c(Cc2sc(=O)[nH]c2O)c1. The number of nitrogens with one attached hydrogen (secondary N) is 1. The normalized spacial score (nSPS) is 14.9. The Bertz CT molecular complexity index is 669. The molecule has 1 fully saturated rings. The first kappa shape index (κ1) is 13.2. The summed E-state index contributed by atoms with van der Waals surface area (Å²) in [6.45, 7) is 4.24. The summed E-state index contributed by atoms with van der Waals surface area (Å²) in [6.07, 6.45) is 3.06. The average Bonchev–Trinajstić information content (AvgIpc) is 3.01. The number of H-pyrrole nitrogens is 1. The smallest absolute Gasteiger partial charge is 0.307 e. The van der Waals surface area contributed by atoms with Crippen molar-refractivity contribution in [1.82, 2.24) is 4.98 Å². The molecule has 4 nitrogen and oxygen atoms in total. The van der Waals surface area contributed by atoms with Crippen molar-refractivity contribution in [2.75, 3.05) is 18.0 Å². The zero-order chi connectivity index (χ0) is 14.1. The molecule has 0 spiro atoms. The summed E-state index contributed by atoms with van der Waals surface area (Å²) in [6, 6.07) is 6.43. The maximum atomic E-state index is 11.3. The molecule has 2 N–H and O–H groups in total. The Morgan fingerprint density at radius 2 is 2.10 bits per heavy atom. The molecule has 1 saturated heterocycles. The third-order valence-corrected chi connectivity index (χ3v) is 4.60. The summed E-state index contributed by atoms with van der Waals surface area (Å²) >= 11 is 1.09. The lowest BCUT2D eigenvalue weighted by atomic mass is 10.0. The highest BCUT2D eigenvalue weighted by Gasteiger charge is 2.17. The van der Waals surface area contributed by atoms with Crippen molar-refractivity contribution in [1.29, 1.82) is 0 Å². The summed E-state index contributed by atoms with van der Waals surface area (Å²) in [5.74, 6) is 0.00822. The largest absolute Gasteiger partial charge is 0.494 e. The van der Waals surface area contributed by atoms with Gasteiger partial charge in [0.2, 0.25) is 5.88 Å². The van der Waals surface area contributed by atoms with Crippen LogP contribution in [0.15, 0.2) is 23.0 Å². The number of anilines is 1. The number of aromatic hydroxyl groups is 1. The molecule has 0 aliphatic carbocycles. The second kappa shape index (κ2) is 5.32. The molecule has 20 heavy (non-hydrogen) atoms. The summed E-state index contributed by atoms with van der Waals surface area (Å²) in [5.41, 5.74) is 3.61. The maximum Gasteiger partial charge on any atom is 0.307 e. The fourth-order valence-corrected chi connectivity index (χ4v) is 3.51. The number of aryl methyl sites for hydroxylation is 1. The standard InChI is InChI=1S/C15H18N2O2S/c1-10-4-5-12(17-6-2-3-7-17)11(8-10)9-13-14(18)16-15(19)20-13/h4-5,8,18H,2-3,6-7,9H2,1H3,(H,16,19). The van der Waals surface area contributed by atoms with Crippen molar-refractivity contribution in [2.24, 2.45) is 0 Å². The van der Waals surface area contributed by atoms with Crippen LogP contribution in [0, 0.1) is 6.92 Å². The van der Waals surface area contributed by atoms with Gasteiger partial charge >= 0.3 is 4.87 Å². The number of thiazole rings is 1. The molecule has 0 amide bonds. The van der Waals surface area contributed by atoms with Crippen LogP contribution in [0.25, 0.3) is 0 Å². The molecule has 0 bridgehead atoms. The first-order chi connectivity index (χ1) is 9.63. The zero-order valence-corrected chi connectivity index (χ0v) is 12.3. The molecular formula is C15H18N2O2S. The van der Waals surface area contributed by atoms with Crippen molar-refractivity contribution in [3.63, 3.8) is 0 Å². The fourth-order valence-electron chi connectivity index (χ4n) is 2.77. The topological polar surface area (TPSA) is 56.3 Å². The lowest BCUT2D eigenvalue weighted by molar-refractivity contribution is 0.451. The van der Waals surface area contributed by atoms with Crippen LogP contribution >= 0.6 is 11.3 Å². The van der Waals surface area contributed by atoms with Crippen LogP contribution in [0.1, 0.15) is 28.8 Å². The van der Waals surface area contributed by atoms with Crippen molar-refractivity contribution < 1.29 is 5.11 Å². The Balaban J connectivity index is 1.96. The molecule has 106 valence electrons. The Hall–Kier alpha value is -1.75. The van der Waals surface area contributed by atoms with Crippen LogP contribution in [0.3, 0.4) is 0 Å². The van der Waals surface area contributed by atoms with Gasteiger partial charge in [-0.15, -0.1) is 0 Å². The lowest BCUT2D eigenvalue weighted by Gasteiger charge is -2.21. The van der Waals surface area contributed by atoms with E-state index in [1.807, 2.05) is 0 Å². The van der Waals surface area contributed by atoms with E-state index in [0.29, 0.717) is 11.3 Å². The van der Waals surface area contributed by atoms with Gasteiger partial charge in [-0.05, 0) is 31.4 Å². The number of benzene rings is 1. The summed E-state index contributed by atoms with van der Waals surface area (Å²) < 4.78 is 0. The van der Waals surface area contributed by atoms with E-state index in [1.54, 1.807) is 0 Å². The molecule has 5 heteroatoms. The van der Waals surface area contributed by atoms with Crippen LogP contribution in [-0.2, 0) is 6.42 Å². The van der Waals surface area contributed by atoms with Crippen LogP contribution in [0.2, 0.25) is 0 Å². The van der Waals surface area contributed by atoms with Gasteiger partial charge in [-0.3, -0.25) is 9.78 Å². The molecule has 0 unspecified atom stereocenters. The lowest BCUT2D eigenvalue weighted by Crippen LogP contribution is -2.19. The molecule has 0 saturated carbocycles. The predicted octanol–water partition coefficient (Wildman–Crippen LogP) is 2.64. The molecule has 2 aromatic rings. The number of hydrogen-bond acceptors (Lipinski definition) is 4. The molecule has 1 aliphatic heterocycles. The number of hydrogen-bond donors (Lipinski definition) is 2. The molecule has 1 aliphatic rings. The van der Waals surface area contributed by atoms with Gasteiger partial charge in [0.05, 0.1) is 4.88 Å². The van der Waals surface area contributed by atoms with E-state index in [-0.39, 0.29) is 10.8 Å². The number of aromatic nitrogens is 1. The first-order valence-electron chi connectivity index (χ1n) is 6.89. The van der Waals surface area contributed by atoms with Crippen molar-refractivity contribution in [3.8, 4) is 5.88 Å². The molecule has 2 heterocycles. The van der Waals surface area contributed by atoms with Gasteiger partial charge in [0.15, 0.2) is 0 Å². The van der Waals surface area contributed by atoms with E-state index in [4.69, 9.17) is 0 Å². The van der Waals surface area contributed by atoms with E-state index in [9.17, 15) is 9.90 Å². The predicted molar refractivity (Wildman–Crippen MR) is 82.0 cm³/mol. The van der Waals surface area contributed by atoms with Crippen LogP contribution in [0.4, 0.5) is 5.69 Å². The second-order valence-electron chi connectivity index (χ2n) is 5.29. The Morgan fingerprint density at radius 3 is 2.75 bits per heavy atom. The summed E-state index contributed by atoms with van der Waals surface area (Å²) in [4.78, 5) is 16.6. The van der Waals surface area contributed by atoms with Gasteiger partial charge in [0.25, 0.3) is 0 Å². The van der Waals surface area contributed by atoms with Gasteiger partial charge in [0, 0.05) is 25.2 Å². The third-order valence-electron chi connectivity index (χ3n) is 3.73. The minimum Gasteiger partial charge on any atom is -0.494 e. The quantitative estimate of drug-likeness (QED) is 0.913. The van der Waals surface area contributed by atoms with E-state index < -0.39 is 0 Å². The first-order valence-corrected chi connectivity index (χ1v) is 7.70. The highest BCUT2D eigenvalue weighted by Crippen LogP contribution is 2.30. The average molecular weight is 290 g/mol. The van der Waals surface area contributed by atoms with Gasteiger partial charge in [0.1, 0.15) is 0 Å². The van der Waals surface area contributed by atoms with E-state index >= 15 is 0 Å². The van der Waals surface area contributed by atoms with Crippen LogP contribution < -0.4 is 9.77 Å². The van der Waals surface area contributed by atoms with Gasteiger partial charge in [-0.2, -0.15) is 0 Å². The molecular weight excluding hydrogens is 272 g/mol. The van der Waals surface area contributed by atoms with Crippen LogP contribution in [-0.4, -0.2) is 23.2 Å². The molecule has 0 atom stereocenters. The molecule has 0 radical (unpaired) electrons. The maximum absolute atomic E-state index is 11.3.